The Kier molecular flexibility index (Phi) is 5.34. The number of hydrogen-bond acceptors (Lipinski definition) is 7. The molecule has 0 aliphatic carbocycles. The maximum Gasteiger partial charge on any atom is 0.197 e. The number of benzene rings is 2. The molecule has 2 aromatic carbocycles. The smallest absolute Gasteiger partial charge is 0.197 e. The Balaban J connectivity index is 1.99. The average molecular weight is 411 g/mol. The molecule has 0 amide bonds. The van der Waals surface area contributed by atoms with E-state index in [9.17, 15) is 19.8 Å². The summed E-state index contributed by atoms with van der Waals surface area (Å²) in [4.78, 5) is 27.1. The van der Waals surface area contributed by atoms with Crippen LogP contribution in [0.5, 0.6) is 11.5 Å². The first-order valence-corrected chi connectivity index (χ1v) is 10.5. The Bertz CT molecular complexity index is 1130. The van der Waals surface area contributed by atoms with Gasteiger partial charge in [-0.15, -0.1) is 0 Å². The highest BCUT2D eigenvalue weighted by Crippen LogP contribution is 2.40. The van der Waals surface area contributed by atoms with Crippen molar-refractivity contribution < 1.29 is 19.4 Å². The minimum Gasteiger partial charge on any atom is -0.507 e. The van der Waals surface area contributed by atoms with Crippen molar-refractivity contribution >= 4 is 28.5 Å². The van der Waals surface area contributed by atoms with Crippen LogP contribution in [0.25, 0.3) is 22.3 Å². The predicted molar refractivity (Wildman–Crippen MR) is 114 cm³/mol. The lowest BCUT2D eigenvalue weighted by Gasteiger charge is -2.27. The van der Waals surface area contributed by atoms with Gasteiger partial charge in [-0.3, -0.25) is 14.5 Å². The van der Waals surface area contributed by atoms with Crippen LogP contribution in [0.15, 0.2) is 45.6 Å². The molecule has 1 saturated heterocycles. The van der Waals surface area contributed by atoms with E-state index in [4.69, 9.17) is 4.42 Å². The summed E-state index contributed by atoms with van der Waals surface area (Å²) in [6.45, 7) is 3.22. The number of ketones is 1. The molecule has 0 atom stereocenters. The molecule has 6 nitrogen and oxygen atoms in total. The maximum absolute atomic E-state index is 12.9. The normalized spacial score (nSPS) is 14.9. The van der Waals surface area contributed by atoms with Crippen molar-refractivity contribution in [2.24, 2.45) is 0 Å². The minimum atomic E-state index is -0.531. The number of phenolic OH excluding ortho intramolecular Hbond substituents is 2. The van der Waals surface area contributed by atoms with Crippen molar-refractivity contribution in [2.45, 2.75) is 13.5 Å². The first kappa shape index (κ1) is 19.5. The van der Waals surface area contributed by atoms with Gasteiger partial charge < -0.3 is 14.6 Å². The SMILES string of the molecule is CC(=O)c1c(O)c(CN2CCSCC2)c2oc(-c3ccccc3)cc(=O)c2c1O. The Labute approximate surface area is 171 Å². The van der Waals surface area contributed by atoms with Crippen LogP contribution in [-0.4, -0.2) is 45.5 Å². The second-order valence-corrected chi connectivity index (χ2v) is 8.27. The highest BCUT2D eigenvalue weighted by atomic mass is 32.2. The lowest BCUT2D eigenvalue weighted by Crippen LogP contribution is -2.32. The molecule has 150 valence electrons. The summed E-state index contributed by atoms with van der Waals surface area (Å²) in [5.41, 5.74) is 0.486. The Hall–Kier alpha value is -2.77. The fraction of sp³-hybridized carbons (Fsp3) is 0.273. The number of nitrogens with zero attached hydrogens (tertiary/aromatic N) is 1. The number of carbonyl (C=O) groups is 1. The average Bonchev–Trinajstić information content (AvgIpc) is 2.71. The molecule has 3 aromatic rings. The third kappa shape index (κ3) is 3.63. The monoisotopic (exact) mass is 411 g/mol. The highest BCUT2D eigenvalue weighted by Gasteiger charge is 2.27. The minimum absolute atomic E-state index is 0.0749. The van der Waals surface area contributed by atoms with Crippen LogP contribution in [0.3, 0.4) is 0 Å². The number of thioether (sulfide) groups is 1. The summed E-state index contributed by atoms with van der Waals surface area (Å²) >= 11 is 1.86. The van der Waals surface area contributed by atoms with E-state index >= 15 is 0 Å². The molecular formula is C22H21NO5S. The second-order valence-electron chi connectivity index (χ2n) is 7.04. The van der Waals surface area contributed by atoms with E-state index < -0.39 is 17.0 Å². The first-order chi connectivity index (χ1) is 14.0. The number of fused-ring (bicyclic) bond motifs is 1. The third-order valence-corrected chi connectivity index (χ3v) is 6.06. The van der Waals surface area contributed by atoms with E-state index in [2.05, 4.69) is 4.90 Å². The summed E-state index contributed by atoms with van der Waals surface area (Å²) in [5.74, 6) is 0.910. The number of phenols is 2. The zero-order chi connectivity index (χ0) is 20.5. The molecule has 1 aromatic heterocycles. The van der Waals surface area contributed by atoms with Gasteiger partial charge in [0.25, 0.3) is 0 Å². The van der Waals surface area contributed by atoms with Gasteiger partial charge in [-0.2, -0.15) is 11.8 Å². The van der Waals surface area contributed by atoms with Gasteiger partial charge in [0.15, 0.2) is 16.8 Å². The van der Waals surface area contributed by atoms with Gasteiger partial charge in [0.2, 0.25) is 0 Å². The molecule has 0 saturated carbocycles. The van der Waals surface area contributed by atoms with Gasteiger partial charge in [-0.05, 0) is 6.92 Å². The largest absolute Gasteiger partial charge is 0.507 e. The molecule has 0 spiro atoms. The second kappa shape index (κ2) is 7.93. The van der Waals surface area contributed by atoms with Crippen LogP contribution in [-0.2, 0) is 6.54 Å². The van der Waals surface area contributed by atoms with Crippen LogP contribution >= 0.6 is 11.8 Å². The van der Waals surface area contributed by atoms with Gasteiger partial charge in [0.1, 0.15) is 28.2 Å². The fourth-order valence-corrected chi connectivity index (χ4v) is 4.61. The van der Waals surface area contributed by atoms with E-state index in [-0.39, 0.29) is 22.3 Å². The molecule has 1 aliphatic rings. The molecule has 0 bridgehead atoms. The summed E-state index contributed by atoms with van der Waals surface area (Å²) in [5, 5.41) is 21.4. The fourth-order valence-electron chi connectivity index (χ4n) is 3.63. The molecule has 29 heavy (non-hydrogen) atoms. The predicted octanol–water partition coefficient (Wildman–Crippen LogP) is 3.62. The van der Waals surface area contributed by atoms with Gasteiger partial charge in [0, 0.05) is 42.8 Å². The lowest BCUT2D eigenvalue weighted by molar-refractivity contribution is 0.101. The molecule has 7 heteroatoms. The highest BCUT2D eigenvalue weighted by molar-refractivity contribution is 7.99. The van der Waals surface area contributed by atoms with Gasteiger partial charge >= 0.3 is 0 Å². The Morgan fingerprint density at radius 1 is 1.14 bits per heavy atom. The molecular weight excluding hydrogens is 390 g/mol. The molecule has 4 rings (SSSR count). The molecule has 1 fully saturated rings. The maximum atomic E-state index is 12.9. The summed E-state index contributed by atoms with van der Waals surface area (Å²) in [7, 11) is 0. The van der Waals surface area contributed by atoms with Crippen molar-refractivity contribution in [3.63, 3.8) is 0 Å². The number of carbonyl (C=O) groups excluding carboxylic acids is 1. The van der Waals surface area contributed by atoms with E-state index in [0.717, 1.165) is 24.6 Å². The zero-order valence-corrected chi connectivity index (χ0v) is 16.8. The number of rotatable bonds is 4. The van der Waals surface area contributed by atoms with Gasteiger partial charge in [0.05, 0.1) is 5.56 Å². The van der Waals surface area contributed by atoms with Crippen molar-refractivity contribution in [2.75, 3.05) is 24.6 Å². The number of hydrogen-bond donors (Lipinski definition) is 2. The molecule has 2 N–H and O–H groups in total. The number of Topliss-reactive ketones (excluding diaryl/α,β-unsaturated/α-hetero) is 1. The van der Waals surface area contributed by atoms with Crippen LogP contribution < -0.4 is 5.43 Å². The van der Waals surface area contributed by atoms with Crippen LogP contribution in [0.4, 0.5) is 0 Å². The summed E-state index contributed by atoms with van der Waals surface area (Å²) < 4.78 is 6.03. The van der Waals surface area contributed by atoms with Crippen molar-refractivity contribution in [3.05, 3.63) is 57.7 Å². The standard InChI is InChI=1S/C22H21NO5S/c1-13(24)18-20(26)15(12-23-7-9-29-10-8-23)22-19(21(18)27)16(25)11-17(28-22)14-5-3-2-4-6-14/h2-6,11,26-27H,7-10,12H2,1H3. The molecule has 0 unspecified atom stereocenters. The van der Waals surface area contributed by atoms with Crippen LogP contribution in [0, 0.1) is 0 Å². The Morgan fingerprint density at radius 2 is 1.83 bits per heavy atom. The molecule has 0 radical (unpaired) electrons. The molecule has 2 heterocycles. The lowest BCUT2D eigenvalue weighted by atomic mass is 9.98. The quantitative estimate of drug-likeness (QED) is 0.634. The van der Waals surface area contributed by atoms with Crippen molar-refractivity contribution in [1.82, 2.24) is 4.90 Å². The summed E-state index contributed by atoms with van der Waals surface area (Å²) in [6, 6.07) is 10.5. The van der Waals surface area contributed by atoms with E-state index in [0.29, 0.717) is 23.4 Å². The summed E-state index contributed by atoms with van der Waals surface area (Å²) in [6.07, 6.45) is 0. The topological polar surface area (TPSA) is 91.0 Å². The van der Waals surface area contributed by atoms with Gasteiger partial charge in [-0.25, -0.2) is 0 Å². The van der Waals surface area contributed by atoms with E-state index in [1.54, 1.807) is 0 Å². The van der Waals surface area contributed by atoms with Crippen LogP contribution in [0.2, 0.25) is 0 Å². The Morgan fingerprint density at radius 3 is 2.48 bits per heavy atom. The zero-order valence-electron chi connectivity index (χ0n) is 16.0. The first-order valence-electron chi connectivity index (χ1n) is 9.38. The van der Waals surface area contributed by atoms with Crippen molar-refractivity contribution in [1.29, 1.82) is 0 Å². The number of aromatic hydroxyl groups is 2. The van der Waals surface area contributed by atoms with Gasteiger partial charge in [-0.1, -0.05) is 30.3 Å². The molecule has 1 aliphatic heterocycles. The van der Waals surface area contributed by atoms with Crippen LogP contribution in [0.1, 0.15) is 22.8 Å². The van der Waals surface area contributed by atoms with Crippen molar-refractivity contribution in [3.8, 4) is 22.8 Å². The van der Waals surface area contributed by atoms with E-state index in [1.165, 1.54) is 13.0 Å². The van der Waals surface area contributed by atoms with E-state index in [1.807, 2.05) is 42.1 Å². The third-order valence-electron chi connectivity index (χ3n) is 5.11.